The summed E-state index contributed by atoms with van der Waals surface area (Å²) in [7, 11) is 1.66. The molecular formula is C18H23N3O2. The first kappa shape index (κ1) is 14.7. The van der Waals surface area contributed by atoms with E-state index in [1.165, 1.54) is 18.4 Å². The van der Waals surface area contributed by atoms with Crippen LogP contribution in [-0.4, -0.2) is 44.4 Å². The van der Waals surface area contributed by atoms with Crippen LogP contribution in [0.1, 0.15) is 24.3 Å². The monoisotopic (exact) mass is 313 g/mol. The summed E-state index contributed by atoms with van der Waals surface area (Å²) in [6, 6.07) is 8.72. The lowest BCUT2D eigenvalue weighted by molar-refractivity contribution is 0.312. The van der Waals surface area contributed by atoms with Gasteiger partial charge >= 0.3 is 0 Å². The van der Waals surface area contributed by atoms with E-state index in [1.807, 2.05) is 6.07 Å². The molecule has 0 radical (unpaired) electrons. The van der Waals surface area contributed by atoms with Crippen molar-refractivity contribution in [1.82, 2.24) is 15.6 Å². The predicted molar refractivity (Wildman–Crippen MR) is 90.4 cm³/mol. The number of benzene rings is 1. The molecule has 23 heavy (non-hydrogen) atoms. The average Bonchev–Trinajstić information content (AvgIpc) is 3.04. The maximum atomic E-state index is 5.90. The standard InChI is InChI=1S/C18H23N3O2/c1-22-16-5-3-12-2-4-15-17(18(12)21-16)13(11-23-15)10-20-14-6-8-19-9-7-14/h2-5,13-14,19-20H,6-11H2,1H3. The summed E-state index contributed by atoms with van der Waals surface area (Å²) in [5.74, 6) is 1.97. The number of rotatable bonds is 4. The molecule has 122 valence electrons. The number of nitrogens with zero attached hydrogens (tertiary/aromatic N) is 1. The minimum Gasteiger partial charge on any atom is -0.493 e. The van der Waals surface area contributed by atoms with Gasteiger partial charge in [0.2, 0.25) is 5.88 Å². The normalized spacial score (nSPS) is 21.2. The molecule has 2 aromatic rings. The Bertz CT molecular complexity index is 698. The highest BCUT2D eigenvalue weighted by Crippen LogP contribution is 2.39. The first-order chi connectivity index (χ1) is 11.3. The molecule has 0 spiro atoms. The highest BCUT2D eigenvalue weighted by atomic mass is 16.5. The highest BCUT2D eigenvalue weighted by Gasteiger charge is 2.28. The third kappa shape index (κ3) is 2.86. The van der Waals surface area contributed by atoms with Crippen molar-refractivity contribution in [3.63, 3.8) is 0 Å². The topological polar surface area (TPSA) is 55.4 Å². The van der Waals surface area contributed by atoms with Crippen LogP contribution in [0.2, 0.25) is 0 Å². The molecule has 2 aliphatic rings. The zero-order chi connectivity index (χ0) is 15.6. The predicted octanol–water partition coefficient (Wildman–Crippen LogP) is 2.06. The van der Waals surface area contributed by atoms with Gasteiger partial charge in [-0.2, -0.15) is 0 Å². The maximum absolute atomic E-state index is 5.90. The van der Waals surface area contributed by atoms with Crippen LogP contribution >= 0.6 is 0 Å². The van der Waals surface area contributed by atoms with Crippen LogP contribution in [-0.2, 0) is 0 Å². The molecule has 0 saturated carbocycles. The van der Waals surface area contributed by atoms with Crippen molar-refractivity contribution >= 4 is 10.9 Å². The molecule has 0 bridgehead atoms. The van der Waals surface area contributed by atoms with Crippen LogP contribution in [0.5, 0.6) is 11.6 Å². The molecule has 1 fully saturated rings. The molecule has 1 aromatic heterocycles. The molecule has 0 amide bonds. The van der Waals surface area contributed by atoms with E-state index in [1.54, 1.807) is 7.11 Å². The molecule has 1 aromatic carbocycles. The summed E-state index contributed by atoms with van der Waals surface area (Å²) in [6.07, 6.45) is 2.39. The van der Waals surface area contributed by atoms with Crippen molar-refractivity contribution in [3.8, 4) is 11.6 Å². The van der Waals surface area contributed by atoms with Gasteiger partial charge in [-0.1, -0.05) is 0 Å². The fourth-order valence-electron chi connectivity index (χ4n) is 3.58. The number of piperidine rings is 1. The fourth-order valence-corrected chi connectivity index (χ4v) is 3.58. The number of hydrogen-bond acceptors (Lipinski definition) is 5. The molecule has 5 heteroatoms. The quantitative estimate of drug-likeness (QED) is 0.905. The Labute approximate surface area is 136 Å². The molecule has 1 unspecified atom stereocenters. The summed E-state index contributed by atoms with van der Waals surface area (Å²) in [4.78, 5) is 4.67. The van der Waals surface area contributed by atoms with Gasteiger partial charge in [0.15, 0.2) is 0 Å². The van der Waals surface area contributed by atoms with E-state index in [4.69, 9.17) is 9.47 Å². The molecule has 1 atom stereocenters. The number of aromatic nitrogens is 1. The van der Waals surface area contributed by atoms with Gasteiger partial charge in [-0.05, 0) is 44.1 Å². The minimum absolute atomic E-state index is 0.350. The van der Waals surface area contributed by atoms with Gasteiger partial charge in [-0.25, -0.2) is 4.98 Å². The second-order valence-corrected chi connectivity index (χ2v) is 6.34. The third-order valence-corrected chi connectivity index (χ3v) is 4.89. The van der Waals surface area contributed by atoms with E-state index in [0.717, 1.165) is 42.9 Å². The summed E-state index contributed by atoms with van der Waals surface area (Å²) in [5, 5.41) is 8.27. The lowest BCUT2D eigenvalue weighted by atomic mass is 9.97. The Balaban J connectivity index is 1.59. The van der Waals surface area contributed by atoms with Gasteiger partial charge in [0.25, 0.3) is 0 Å². The Morgan fingerprint density at radius 2 is 2.09 bits per heavy atom. The first-order valence-electron chi connectivity index (χ1n) is 8.39. The van der Waals surface area contributed by atoms with Crippen LogP contribution in [0.3, 0.4) is 0 Å². The summed E-state index contributed by atoms with van der Waals surface area (Å²) < 4.78 is 11.2. The lowest BCUT2D eigenvalue weighted by Crippen LogP contribution is -2.41. The molecule has 5 nitrogen and oxygen atoms in total. The minimum atomic E-state index is 0.350. The van der Waals surface area contributed by atoms with Crippen molar-refractivity contribution in [3.05, 3.63) is 29.8 Å². The molecule has 2 N–H and O–H groups in total. The largest absolute Gasteiger partial charge is 0.493 e. The van der Waals surface area contributed by atoms with Crippen molar-refractivity contribution in [2.45, 2.75) is 24.8 Å². The number of hydrogen-bond donors (Lipinski definition) is 2. The molecular weight excluding hydrogens is 290 g/mol. The Morgan fingerprint density at radius 1 is 1.26 bits per heavy atom. The average molecular weight is 313 g/mol. The third-order valence-electron chi connectivity index (χ3n) is 4.89. The Morgan fingerprint density at radius 3 is 2.91 bits per heavy atom. The van der Waals surface area contributed by atoms with E-state index in [0.29, 0.717) is 17.8 Å². The number of pyridine rings is 1. The van der Waals surface area contributed by atoms with Crippen LogP contribution in [0.4, 0.5) is 0 Å². The summed E-state index contributed by atoms with van der Waals surface area (Å²) in [6.45, 7) is 3.88. The molecule has 1 saturated heterocycles. The van der Waals surface area contributed by atoms with Gasteiger partial charge in [-0.15, -0.1) is 0 Å². The van der Waals surface area contributed by atoms with Gasteiger partial charge in [-0.3, -0.25) is 0 Å². The second-order valence-electron chi connectivity index (χ2n) is 6.34. The van der Waals surface area contributed by atoms with Crippen molar-refractivity contribution < 1.29 is 9.47 Å². The van der Waals surface area contributed by atoms with E-state index >= 15 is 0 Å². The van der Waals surface area contributed by atoms with Crippen molar-refractivity contribution in [2.24, 2.45) is 0 Å². The van der Waals surface area contributed by atoms with Crippen molar-refractivity contribution in [2.75, 3.05) is 33.4 Å². The smallest absolute Gasteiger partial charge is 0.213 e. The van der Waals surface area contributed by atoms with E-state index in [9.17, 15) is 0 Å². The van der Waals surface area contributed by atoms with E-state index < -0.39 is 0 Å². The molecule has 2 aliphatic heterocycles. The van der Waals surface area contributed by atoms with Gasteiger partial charge < -0.3 is 20.1 Å². The second kappa shape index (κ2) is 6.34. The summed E-state index contributed by atoms with van der Waals surface area (Å²) >= 11 is 0. The van der Waals surface area contributed by atoms with E-state index in [2.05, 4.69) is 33.8 Å². The molecule has 4 rings (SSSR count). The van der Waals surface area contributed by atoms with Crippen molar-refractivity contribution in [1.29, 1.82) is 0 Å². The first-order valence-corrected chi connectivity index (χ1v) is 8.39. The van der Waals surface area contributed by atoms with Crippen LogP contribution in [0.15, 0.2) is 24.3 Å². The zero-order valence-electron chi connectivity index (χ0n) is 13.5. The van der Waals surface area contributed by atoms with E-state index in [-0.39, 0.29) is 0 Å². The Kier molecular flexibility index (Phi) is 4.06. The number of nitrogens with one attached hydrogen (secondary N) is 2. The van der Waals surface area contributed by atoms with Gasteiger partial charge in [0.05, 0.1) is 19.2 Å². The van der Waals surface area contributed by atoms with Crippen LogP contribution in [0.25, 0.3) is 10.9 Å². The lowest BCUT2D eigenvalue weighted by Gasteiger charge is -2.25. The number of methoxy groups -OCH3 is 1. The fraction of sp³-hybridized carbons (Fsp3) is 0.500. The van der Waals surface area contributed by atoms with Crippen LogP contribution < -0.4 is 20.1 Å². The molecule has 0 aliphatic carbocycles. The summed E-state index contributed by atoms with van der Waals surface area (Å²) in [5.41, 5.74) is 2.24. The highest BCUT2D eigenvalue weighted by molar-refractivity contribution is 5.85. The SMILES string of the molecule is COc1ccc2ccc3c(c2n1)C(CNC1CCNCC1)CO3. The number of fused-ring (bicyclic) bond motifs is 3. The van der Waals surface area contributed by atoms with Crippen LogP contribution in [0, 0.1) is 0 Å². The number of ether oxygens (including phenoxy) is 2. The molecule has 3 heterocycles. The van der Waals surface area contributed by atoms with Gasteiger partial charge in [0.1, 0.15) is 5.75 Å². The van der Waals surface area contributed by atoms with Gasteiger partial charge in [0, 0.05) is 35.5 Å². The zero-order valence-corrected chi connectivity index (χ0v) is 13.5. The Hall–Kier alpha value is -1.85. The maximum Gasteiger partial charge on any atom is 0.213 e.